The first-order chi connectivity index (χ1) is 18.2. The van der Waals surface area contributed by atoms with E-state index in [1.165, 1.54) is 17.8 Å². The number of para-hydroxylation sites is 1. The number of rotatable bonds is 4. The van der Waals surface area contributed by atoms with Gasteiger partial charge in [0.2, 0.25) is 0 Å². The molecule has 6 rings (SSSR count). The predicted molar refractivity (Wildman–Crippen MR) is 147 cm³/mol. The molecule has 188 valence electrons. The summed E-state index contributed by atoms with van der Waals surface area (Å²) in [5.41, 5.74) is 2.95. The highest BCUT2D eigenvalue weighted by Crippen LogP contribution is 2.28. The monoisotopic (exact) mass is 495 g/mol. The first-order valence-corrected chi connectivity index (χ1v) is 12.9. The molecule has 37 heavy (non-hydrogen) atoms. The zero-order valence-electron chi connectivity index (χ0n) is 20.8. The third-order valence-corrected chi connectivity index (χ3v) is 7.45. The summed E-state index contributed by atoms with van der Waals surface area (Å²) in [4.78, 5) is 27.0. The molecule has 1 amide bonds. The minimum absolute atomic E-state index is 0.0746. The number of aromatic nitrogens is 1. The molecule has 0 spiro atoms. The molecule has 2 aliphatic rings. The molecule has 2 saturated heterocycles. The van der Waals surface area contributed by atoms with E-state index in [4.69, 9.17) is 4.98 Å². The molecule has 3 heterocycles. The Balaban J connectivity index is 1.16. The molecule has 0 saturated carbocycles. The van der Waals surface area contributed by atoms with Gasteiger partial charge in [-0.05, 0) is 60.0 Å². The Labute approximate surface area is 216 Å². The number of halogens is 1. The maximum absolute atomic E-state index is 13.4. The second-order valence-corrected chi connectivity index (χ2v) is 9.64. The van der Waals surface area contributed by atoms with Crippen LogP contribution in [-0.2, 0) is 0 Å². The van der Waals surface area contributed by atoms with Gasteiger partial charge in [-0.2, -0.15) is 0 Å². The molecule has 0 bridgehead atoms. The Bertz CT molecular complexity index is 1380. The van der Waals surface area contributed by atoms with Crippen molar-refractivity contribution < 1.29 is 9.18 Å². The van der Waals surface area contributed by atoms with Crippen molar-refractivity contribution in [1.29, 1.82) is 0 Å². The number of hydrogen-bond donors (Lipinski definition) is 0. The Morgan fingerprint density at radius 3 is 2.00 bits per heavy atom. The van der Waals surface area contributed by atoms with E-state index in [0.29, 0.717) is 18.7 Å². The van der Waals surface area contributed by atoms with Crippen LogP contribution in [0.1, 0.15) is 10.4 Å². The molecule has 0 unspecified atom stereocenters. The van der Waals surface area contributed by atoms with Gasteiger partial charge in [0.15, 0.2) is 0 Å². The van der Waals surface area contributed by atoms with Crippen molar-refractivity contribution in [2.45, 2.75) is 0 Å². The summed E-state index contributed by atoms with van der Waals surface area (Å²) in [5.74, 6) is 0.774. The molecule has 2 fully saturated rings. The van der Waals surface area contributed by atoms with Gasteiger partial charge in [0.05, 0.1) is 0 Å². The number of nitrogens with zero attached hydrogens (tertiary/aromatic N) is 5. The SMILES string of the molecule is O=C(c1ccc2ccnc(N3CCN(c4ccc(F)cc4)CC3)c2c1)N1CCN(c2ccccc2)CC1. The second-order valence-electron chi connectivity index (χ2n) is 9.64. The summed E-state index contributed by atoms with van der Waals surface area (Å²) < 4.78 is 13.3. The molecule has 3 aromatic carbocycles. The fourth-order valence-corrected chi connectivity index (χ4v) is 5.36. The molecule has 0 N–H and O–H groups in total. The Hall–Kier alpha value is -4.13. The largest absolute Gasteiger partial charge is 0.368 e. The molecule has 0 atom stereocenters. The lowest BCUT2D eigenvalue weighted by Crippen LogP contribution is -2.48. The van der Waals surface area contributed by atoms with Gasteiger partial charge in [-0.25, -0.2) is 9.37 Å². The molecule has 0 aliphatic carbocycles. The summed E-state index contributed by atoms with van der Waals surface area (Å²) >= 11 is 0. The van der Waals surface area contributed by atoms with Crippen LogP contribution in [0.3, 0.4) is 0 Å². The van der Waals surface area contributed by atoms with E-state index in [2.05, 4.69) is 39.0 Å². The van der Waals surface area contributed by atoms with Crippen LogP contribution < -0.4 is 14.7 Å². The molecule has 6 nitrogen and oxygen atoms in total. The van der Waals surface area contributed by atoms with Gasteiger partial charge in [-0.3, -0.25) is 4.79 Å². The van der Waals surface area contributed by atoms with Gasteiger partial charge in [-0.15, -0.1) is 0 Å². The van der Waals surface area contributed by atoms with E-state index in [0.717, 1.165) is 61.5 Å². The number of piperazine rings is 2. The predicted octanol–water partition coefficient (Wildman–Crippen LogP) is 4.66. The summed E-state index contributed by atoms with van der Waals surface area (Å²) in [6, 6.07) is 25.0. The second kappa shape index (κ2) is 10.1. The summed E-state index contributed by atoms with van der Waals surface area (Å²) in [7, 11) is 0. The van der Waals surface area contributed by atoms with Crippen LogP contribution in [0.4, 0.5) is 21.6 Å². The first-order valence-electron chi connectivity index (χ1n) is 12.9. The standard InChI is InChI=1S/C30H30FN5O/c31-25-8-10-27(11-9-25)34-14-18-35(19-15-34)29-28-22-24(7-6-23(28)12-13-32-29)30(37)36-20-16-33(17-21-36)26-4-2-1-3-5-26/h1-13,22H,14-21H2. The highest BCUT2D eigenvalue weighted by molar-refractivity contribution is 6.01. The molecule has 1 aromatic heterocycles. The Morgan fingerprint density at radius 1 is 0.676 bits per heavy atom. The number of benzene rings is 3. The summed E-state index contributed by atoms with van der Waals surface area (Å²) in [6.45, 7) is 6.34. The maximum atomic E-state index is 13.4. The lowest BCUT2D eigenvalue weighted by atomic mass is 10.1. The van der Waals surface area contributed by atoms with Crippen molar-refractivity contribution in [3.8, 4) is 0 Å². The summed E-state index contributed by atoms with van der Waals surface area (Å²) in [5, 5.41) is 2.09. The van der Waals surface area contributed by atoms with Crippen LogP contribution in [0, 0.1) is 5.82 Å². The van der Waals surface area contributed by atoms with E-state index in [-0.39, 0.29) is 11.7 Å². The molecule has 2 aliphatic heterocycles. The topological polar surface area (TPSA) is 42.9 Å². The van der Waals surface area contributed by atoms with Crippen LogP contribution >= 0.6 is 0 Å². The van der Waals surface area contributed by atoms with Gasteiger partial charge in [0, 0.05) is 80.9 Å². The van der Waals surface area contributed by atoms with Crippen LogP contribution in [0.5, 0.6) is 0 Å². The van der Waals surface area contributed by atoms with E-state index in [9.17, 15) is 9.18 Å². The van der Waals surface area contributed by atoms with Crippen molar-refractivity contribution in [3.05, 3.63) is 96.4 Å². The van der Waals surface area contributed by atoms with E-state index in [1.54, 1.807) is 0 Å². The van der Waals surface area contributed by atoms with Crippen LogP contribution in [0.2, 0.25) is 0 Å². The van der Waals surface area contributed by atoms with Crippen molar-refractivity contribution in [2.24, 2.45) is 0 Å². The molecule has 4 aromatic rings. The lowest BCUT2D eigenvalue weighted by molar-refractivity contribution is 0.0747. The molecule has 0 radical (unpaired) electrons. The number of carbonyl (C=O) groups is 1. The van der Waals surface area contributed by atoms with Crippen LogP contribution in [0.15, 0.2) is 85.1 Å². The number of anilines is 3. The first kappa shape index (κ1) is 23.3. The van der Waals surface area contributed by atoms with Crippen molar-refractivity contribution >= 4 is 33.9 Å². The van der Waals surface area contributed by atoms with Gasteiger partial charge in [0.25, 0.3) is 5.91 Å². The average molecular weight is 496 g/mol. The Morgan fingerprint density at radius 2 is 1.30 bits per heavy atom. The van der Waals surface area contributed by atoms with Gasteiger partial charge in [-0.1, -0.05) is 24.3 Å². The quantitative estimate of drug-likeness (QED) is 0.412. The molecular formula is C30H30FN5O. The number of pyridine rings is 1. The minimum atomic E-state index is -0.217. The van der Waals surface area contributed by atoms with Crippen molar-refractivity contribution in [1.82, 2.24) is 9.88 Å². The smallest absolute Gasteiger partial charge is 0.253 e. The average Bonchev–Trinajstić information content (AvgIpc) is 2.97. The van der Waals surface area contributed by atoms with Crippen molar-refractivity contribution in [2.75, 3.05) is 67.1 Å². The minimum Gasteiger partial charge on any atom is -0.368 e. The highest BCUT2D eigenvalue weighted by atomic mass is 19.1. The zero-order chi connectivity index (χ0) is 25.2. The maximum Gasteiger partial charge on any atom is 0.253 e. The van der Waals surface area contributed by atoms with Gasteiger partial charge < -0.3 is 19.6 Å². The van der Waals surface area contributed by atoms with E-state index in [1.807, 2.05) is 53.6 Å². The number of carbonyl (C=O) groups excluding carboxylic acids is 1. The lowest BCUT2D eigenvalue weighted by Gasteiger charge is -2.37. The van der Waals surface area contributed by atoms with Crippen LogP contribution in [-0.4, -0.2) is 68.1 Å². The number of hydrogen-bond acceptors (Lipinski definition) is 5. The highest BCUT2D eigenvalue weighted by Gasteiger charge is 2.24. The van der Waals surface area contributed by atoms with Crippen LogP contribution in [0.25, 0.3) is 10.8 Å². The molecular weight excluding hydrogens is 465 g/mol. The third-order valence-electron chi connectivity index (χ3n) is 7.45. The normalized spacial score (nSPS) is 16.4. The van der Waals surface area contributed by atoms with Crippen molar-refractivity contribution in [3.63, 3.8) is 0 Å². The third kappa shape index (κ3) is 4.81. The zero-order valence-corrected chi connectivity index (χ0v) is 20.8. The number of amides is 1. The van der Waals surface area contributed by atoms with Gasteiger partial charge in [0.1, 0.15) is 11.6 Å². The summed E-state index contributed by atoms with van der Waals surface area (Å²) in [6.07, 6.45) is 1.84. The fraction of sp³-hybridized carbons (Fsp3) is 0.267. The number of fused-ring (bicyclic) bond motifs is 1. The van der Waals surface area contributed by atoms with E-state index >= 15 is 0 Å². The van der Waals surface area contributed by atoms with E-state index < -0.39 is 0 Å². The Kier molecular flexibility index (Phi) is 6.35. The fourth-order valence-electron chi connectivity index (χ4n) is 5.36. The molecule has 7 heteroatoms. The van der Waals surface area contributed by atoms with Gasteiger partial charge >= 0.3 is 0 Å².